The van der Waals surface area contributed by atoms with Gasteiger partial charge in [-0.15, -0.1) is 11.3 Å². The topological polar surface area (TPSA) is 79.4 Å². The Bertz CT molecular complexity index is 1170. The van der Waals surface area contributed by atoms with Crippen LogP contribution in [0.25, 0.3) is 11.3 Å². The van der Waals surface area contributed by atoms with Crippen LogP contribution in [0.1, 0.15) is 55.5 Å². The van der Waals surface area contributed by atoms with Gasteiger partial charge in [0.15, 0.2) is 0 Å². The molecule has 4 rings (SSSR count). The van der Waals surface area contributed by atoms with Crippen molar-refractivity contribution in [3.8, 4) is 11.3 Å². The van der Waals surface area contributed by atoms with Crippen LogP contribution < -0.4 is 5.32 Å². The Morgan fingerprint density at radius 1 is 1.06 bits per heavy atom. The van der Waals surface area contributed by atoms with E-state index in [9.17, 15) is 14.4 Å². The maximum absolute atomic E-state index is 12.6. The van der Waals surface area contributed by atoms with Crippen molar-refractivity contribution in [3.63, 3.8) is 0 Å². The zero-order valence-electron chi connectivity index (χ0n) is 17.6. The molecule has 0 saturated carbocycles. The average molecular weight is 434 g/mol. The minimum atomic E-state index is -0.347. The smallest absolute Gasteiger partial charge is 0.261 e. The van der Waals surface area contributed by atoms with E-state index >= 15 is 0 Å². The molecule has 0 saturated heterocycles. The van der Waals surface area contributed by atoms with E-state index in [0.717, 1.165) is 21.8 Å². The monoisotopic (exact) mass is 433 g/mol. The Labute approximate surface area is 184 Å². The molecular weight excluding hydrogens is 410 g/mol. The van der Waals surface area contributed by atoms with Gasteiger partial charge in [-0.3, -0.25) is 19.3 Å². The minimum Gasteiger partial charge on any atom is -0.352 e. The summed E-state index contributed by atoms with van der Waals surface area (Å²) in [5.41, 5.74) is 4.18. The second kappa shape index (κ2) is 8.43. The molecule has 0 unspecified atom stereocenters. The van der Waals surface area contributed by atoms with Gasteiger partial charge in [-0.05, 0) is 51.0 Å². The molecule has 31 heavy (non-hydrogen) atoms. The number of carbonyl (C=O) groups excluding carboxylic acids is 3. The van der Waals surface area contributed by atoms with Crippen LogP contribution in [-0.2, 0) is 6.42 Å². The molecule has 3 aromatic rings. The predicted molar refractivity (Wildman–Crippen MR) is 120 cm³/mol. The highest BCUT2D eigenvalue weighted by Gasteiger charge is 2.37. The number of nitrogens with one attached hydrogen (secondary N) is 1. The maximum Gasteiger partial charge on any atom is 0.261 e. The van der Waals surface area contributed by atoms with Gasteiger partial charge >= 0.3 is 0 Å². The highest BCUT2D eigenvalue weighted by atomic mass is 32.1. The van der Waals surface area contributed by atoms with Gasteiger partial charge in [-0.2, -0.15) is 0 Å². The van der Waals surface area contributed by atoms with Crippen molar-refractivity contribution < 1.29 is 14.4 Å². The summed E-state index contributed by atoms with van der Waals surface area (Å²) in [6, 6.07) is 12.6. The number of thiazole rings is 1. The van der Waals surface area contributed by atoms with Crippen LogP contribution in [0, 0.1) is 6.92 Å². The molecule has 0 spiro atoms. The lowest BCUT2D eigenvalue weighted by atomic mass is 10.0. The Morgan fingerprint density at radius 3 is 2.42 bits per heavy atom. The van der Waals surface area contributed by atoms with Gasteiger partial charge in [0.25, 0.3) is 17.7 Å². The fourth-order valence-corrected chi connectivity index (χ4v) is 4.25. The lowest BCUT2D eigenvalue weighted by Crippen LogP contribution is -2.35. The van der Waals surface area contributed by atoms with Gasteiger partial charge in [0.05, 0.1) is 21.8 Å². The molecule has 158 valence electrons. The molecule has 0 fully saturated rings. The van der Waals surface area contributed by atoms with Gasteiger partial charge in [-0.25, -0.2) is 4.98 Å². The van der Waals surface area contributed by atoms with Crippen LogP contribution in [0.4, 0.5) is 0 Å². The highest BCUT2D eigenvalue weighted by molar-refractivity contribution is 7.09. The summed E-state index contributed by atoms with van der Waals surface area (Å²) in [4.78, 5) is 43.2. The Hall–Kier alpha value is -3.32. The fraction of sp³-hybridized carbons (Fsp3) is 0.250. The summed E-state index contributed by atoms with van der Waals surface area (Å²) >= 11 is 1.63. The maximum atomic E-state index is 12.6. The number of hydrogen-bond donors (Lipinski definition) is 1. The molecule has 3 amide bonds. The summed E-state index contributed by atoms with van der Waals surface area (Å²) in [7, 11) is 0. The first-order valence-electron chi connectivity index (χ1n) is 10.2. The molecule has 7 heteroatoms. The number of aromatic nitrogens is 1. The first kappa shape index (κ1) is 20.9. The van der Waals surface area contributed by atoms with E-state index in [0.29, 0.717) is 29.7 Å². The standard InChI is InChI=1S/C24H23N3O3S/c1-14(2)27-23(29)19-9-8-18(12-20(19)24(27)30)22(28)25-11-10-16-4-6-17(7-5-16)21-13-31-15(3)26-21/h4-9,12-14H,10-11H2,1-3H3,(H,25,28). The number of amides is 3. The van der Waals surface area contributed by atoms with E-state index in [2.05, 4.69) is 10.3 Å². The number of imide groups is 1. The fourth-order valence-electron chi connectivity index (χ4n) is 3.63. The Kier molecular flexibility index (Phi) is 5.69. The number of aryl methyl sites for hydroxylation is 1. The molecule has 0 aliphatic carbocycles. The molecule has 2 aromatic carbocycles. The zero-order chi connectivity index (χ0) is 22.1. The van der Waals surface area contributed by atoms with Crippen molar-refractivity contribution in [1.82, 2.24) is 15.2 Å². The number of fused-ring (bicyclic) bond motifs is 1. The molecule has 1 aliphatic heterocycles. The second-order valence-electron chi connectivity index (χ2n) is 7.79. The van der Waals surface area contributed by atoms with Crippen molar-refractivity contribution in [2.45, 2.75) is 33.2 Å². The average Bonchev–Trinajstić information content (AvgIpc) is 3.29. The first-order chi connectivity index (χ1) is 14.8. The molecule has 1 aromatic heterocycles. The molecule has 0 atom stereocenters. The van der Waals surface area contributed by atoms with Crippen molar-refractivity contribution in [3.05, 3.63) is 75.1 Å². The van der Waals surface area contributed by atoms with E-state index < -0.39 is 0 Å². The summed E-state index contributed by atoms with van der Waals surface area (Å²) in [6.45, 7) is 6.04. The quantitative estimate of drug-likeness (QED) is 0.594. The summed E-state index contributed by atoms with van der Waals surface area (Å²) in [5, 5.41) is 5.97. The van der Waals surface area contributed by atoms with Gasteiger partial charge in [0, 0.05) is 29.1 Å². The molecule has 6 nitrogen and oxygen atoms in total. The van der Waals surface area contributed by atoms with E-state index in [1.165, 1.54) is 11.0 Å². The lowest BCUT2D eigenvalue weighted by molar-refractivity contribution is 0.0609. The van der Waals surface area contributed by atoms with Crippen LogP contribution in [-0.4, -0.2) is 40.2 Å². The predicted octanol–water partition coefficient (Wildman–Crippen LogP) is 4.10. The Balaban J connectivity index is 1.37. The number of nitrogens with zero attached hydrogens (tertiary/aromatic N) is 2. The molecule has 0 bridgehead atoms. The summed E-state index contributed by atoms with van der Waals surface area (Å²) in [6.07, 6.45) is 0.686. The third-order valence-electron chi connectivity index (χ3n) is 5.26. The molecule has 1 aliphatic rings. The van der Waals surface area contributed by atoms with E-state index in [4.69, 9.17) is 0 Å². The SMILES string of the molecule is Cc1nc(-c2ccc(CCNC(=O)c3ccc4c(c3)C(=O)N(C(C)C)C4=O)cc2)cs1. The van der Waals surface area contributed by atoms with Gasteiger partial charge in [0.2, 0.25) is 0 Å². The van der Waals surface area contributed by atoms with E-state index in [-0.39, 0.29) is 23.8 Å². The minimum absolute atomic E-state index is 0.226. The lowest BCUT2D eigenvalue weighted by Gasteiger charge is -2.17. The number of carbonyl (C=O) groups is 3. The van der Waals surface area contributed by atoms with Gasteiger partial charge in [0.1, 0.15) is 0 Å². The number of rotatable bonds is 6. The number of hydrogen-bond acceptors (Lipinski definition) is 5. The molecule has 1 N–H and O–H groups in total. The Morgan fingerprint density at radius 2 is 1.77 bits per heavy atom. The van der Waals surface area contributed by atoms with Crippen molar-refractivity contribution in [2.24, 2.45) is 0 Å². The van der Waals surface area contributed by atoms with Gasteiger partial charge in [-0.1, -0.05) is 24.3 Å². The second-order valence-corrected chi connectivity index (χ2v) is 8.85. The normalized spacial score (nSPS) is 13.1. The first-order valence-corrected chi connectivity index (χ1v) is 11.0. The summed E-state index contributed by atoms with van der Waals surface area (Å²) in [5.74, 6) is -0.918. The zero-order valence-corrected chi connectivity index (χ0v) is 18.5. The highest BCUT2D eigenvalue weighted by Crippen LogP contribution is 2.26. The third kappa shape index (κ3) is 4.14. The molecule has 2 heterocycles. The van der Waals surface area contributed by atoms with E-state index in [1.54, 1.807) is 37.3 Å². The van der Waals surface area contributed by atoms with Crippen LogP contribution in [0.3, 0.4) is 0 Å². The van der Waals surface area contributed by atoms with Crippen LogP contribution in [0.15, 0.2) is 47.8 Å². The third-order valence-corrected chi connectivity index (χ3v) is 6.04. The molecular formula is C24H23N3O3S. The number of benzene rings is 2. The molecule has 0 radical (unpaired) electrons. The van der Waals surface area contributed by atoms with Crippen LogP contribution >= 0.6 is 11.3 Å². The van der Waals surface area contributed by atoms with E-state index in [1.807, 2.05) is 36.6 Å². The largest absolute Gasteiger partial charge is 0.352 e. The van der Waals surface area contributed by atoms with Crippen LogP contribution in [0.2, 0.25) is 0 Å². The van der Waals surface area contributed by atoms with Crippen molar-refractivity contribution in [1.29, 1.82) is 0 Å². The summed E-state index contributed by atoms with van der Waals surface area (Å²) < 4.78 is 0. The van der Waals surface area contributed by atoms with Crippen molar-refractivity contribution in [2.75, 3.05) is 6.54 Å². The van der Waals surface area contributed by atoms with Crippen molar-refractivity contribution >= 4 is 29.1 Å². The van der Waals surface area contributed by atoms with Crippen LogP contribution in [0.5, 0.6) is 0 Å². The van der Waals surface area contributed by atoms with Gasteiger partial charge < -0.3 is 5.32 Å².